The highest BCUT2D eigenvalue weighted by molar-refractivity contribution is 5.92. The zero-order valence-corrected chi connectivity index (χ0v) is 13.7. The van der Waals surface area contributed by atoms with E-state index >= 15 is 0 Å². The largest absolute Gasteiger partial charge is 0.471 e. The van der Waals surface area contributed by atoms with Crippen LogP contribution in [0.3, 0.4) is 0 Å². The Balaban J connectivity index is 1.67. The van der Waals surface area contributed by atoms with Gasteiger partial charge in [-0.3, -0.25) is 9.59 Å². The second-order valence-corrected chi connectivity index (χ2v) is 6.37. The van der Waals surface area contributed by atoms with Crippen LogP contribution in [0.5, 0.6) is 0 Å². The normalized spacial score (nSPS) is 17.9. The van der Waals surface area contributed by atoms with Crippen LogP contribution in [0.1, 0.15) is 29.5 Å². The topological polar surface area (TPSA) is 40.6 Å². The molecule has 0 spiro atoms. The van der Waals surface area contributed by atoms with Crippen molar-refractivity contribution in [2.45, 2.75) is 32.0 Å². The van der Waals surface area contributed by atoms with Crippen molar-refractivity contribution in [2.24, 2.45) is 0 Å². The smallest absolute Gasteiger partial charge is 0.339 e. The average molecular weight is 352 g/mol. The summed E-state index contributed by atoms with van der Waals surface area (Å²) in [4.78, 5) is 26.0. The van der Waals surface area contributed by atoms with E-state index in [9.17, 15) is 22.8 Å². The molecule has 1 saturated heterocycles. The molecule has 2 amide bonds. The van der Waals surface area contributed by atoms with Crippen LogP contribution in [0.4, 0.5) is 13.2 Å². The first-order valence-corrected chi connectivity index (χ1v) is 8.29. The lowest BCUT2D eigenvalue weighted by molar-refractivity contribution is -0.186. The molecule has 2 aliphatic heterocycles. The minimum Gasteiger partial charge on any atom is -0.339 e. The van der Waals surface area contributed by atoms with Gasteiger partial charge in [-0.15, -0.1) is 0 Å². The Labute approximate surface area is 143 Å². The maximum absolute atomic E-state index is 12.5. The van der Waals surface area contributed by atoms with E-state index in [-0.39, 0.29) is 19.0 Å². The van der Waals surface area contributed by atoms with E-state index in [1.165, 1.54) is 6.08 Å². The number of alkyl halides is 3. The number of nitrogens with zero attached hydrogens (tertiary/aromatic N) is 2. The molecule has 25 heavy (non-hydrogen) atoms. The third-order valence-corrected chi connectivity index (χ3v) is 4.61. The summed E-state index contributed by atoms with van der Waals surface area (Å²) >= 11 is 0. The number of benzene rings is 1. The highest BCUT2D eigenvalue weighted by atomic mass is 19.4. The fourth-order valence-corrected chi connectivity index (χ4v) is 3.24. The average Bonchev–Trinajstić information content (AvgIpc) is 3.12. The molecular weight excluding hydrogens is 333 g/mol. The van der Waals surface area contributed by atoms with E-state index in [2.05, 4.69) is 0 Å². The molecule has 7 heteroatoms. The summed E-state index contributed by atoms with van der Waals surface area (Å²) in [5, 5.41) is 0. The number of hydrogen-bond donors (Lipinski definition) is 0. The Kier molecular flexibility index (Phi) is 4.83. The molecule has 0 radical (unpaired) electrons. The number of carbonyl (C=O) groups excluding carboxylic acids is 2. The zero-order valence-electron chi connectivity index (χ0n) is 13.7. The van der Waals surface area contributed by atoms with Gasteiger partial charge in [0.25, 0.3) is 0 Å². The van der Waals surface area contributed by atoms with Gasteiger partial charge < -0.3 is 9.80 Å². The predicted molar refractivity (Wildman–Crippen MR) is 86.5 cm³/mol. The van der Waals surface area contributed by atoms with Crippen LogP contribution in [0.2, 0.25) is 0 Å². The fourth-order valence-electron chi connectivity index (χ4n) is 3.24. The van der Waals surface area contributed by atoms with E-state index in [0.717, 1.165) is 42.0 Å². The van der Waals surface area contributed by atoms with E-state index in [0.29, 0.717) is 12.0 Å². The Morgan fingerprint density at radius 2 is 1.72 bits per heavy atom. The fraction of sp³-hybridized carbons (Fsp3) is 0.444. The van der Waals surface area contributed by atoms with Crippen LogP contribution in [0.15, 0.2) is 24.3 Å². The highest BCUT2D eigenvalue weighted by Gasteiger charge is 2.43. The van der Waals surface area contributed by atoms with Crippen LogP contribution >= 0.6 is 0 Å². The van der Waals surface area contributed by atoms with E-state index in [1.54, 1.807) is 23.1 Å². The lowest BCUT2D eigenvalue weighted by Crippen LogP contribution is -2.43. The zero-order chi connectivity index (χ0) is 18.0. The Morgan fingerprint density at radius 1 is 1.00 bits per heavy atom. The molecule has 4 nitrogen and oxygen atoms in total. The minimum atomic E-state index is -4.84. The van der Waals surface area contributed by atoms with Gasteiger partial charge in [0.2, 0.25) is 5.91 Å². The quantitative estimate of drug-likeness (QED) is 0.768. The van der Waals surface area contributed by atoms with Crippen molar-refractivity contribution < 1.29 is 22.8 Å². The molecule has 0 aromatic heterocycles. The summed E-state index contributed by atoms with van der Waals surface area (Å²) in [6, 6.07) is 5.36. The van der Waals surface area contributed by atoms with E-state index < -0.39 is 12.1 Å². The van der Waals surface area contributed by atoms with Crippen LogP contribution in [0.25, 0.3) is 6.08 Å². The molecule has 2 aliphatic rings. The number of amides is 2. The Hall–Kier alpha value is -2.31. The van der Waals surface area contributed by atoms with Crippen molar-refractivity contribution >= 4 is 17.9 Å². The molecule has 2 heterocycles. The number of fused-ring (bicyclic) bond motifs is 1. The van der Waals surface area contributed by atoms with Crippen LogP contribution in [-0.4, -0.2) is 47.4 Å². The molecule has 0 N–H and O–H groups in total. The molecular formula is C18H19F3N2O2. The molecule has 1 fully saturated rings. The highest BCUT2D eigenvalue weighted by Crippen LogP contribution is 2.25. The summed E-state index contributed by atoms with van der Waals surface area (Å²) in [5.74, 6) is -1.81. The van der Waals surface area contributed by atoms with Gasteiger partial charge in [0, 0.05) is 32.3 Å². The van der Waals surface area contributed by atoms with Gasteiger partial charge in [-0.05, 0) is 42.0 Å². The molecule has 0 aliphatic carbocycles. The number of carbonyl (C=O) groups is 2. The molecule has 1 aromatic carbocycles. The van der Waals surface area contributed by atoms with Crippen molar-refractivity contribution in [1.29, 1.82) is 0 Å². The third-order valence-electron chi connectivity index (χ3n) is 4.61. The number of hydrogen-bond acceptors (Lipinski definition) is 2. The number of likely N-dealkylation sites (tertiary alicyclic amines) is 1. The van der Waals surface area contributed by atoms with Crippen molar-refractivity contribution in [3.8, 4) is 0 Å². The molecule has 0 unspecified atom stereocenters. The van der Waals surface area contributed by atoms with Crippen molar-refractivity contribution in [3.63, 3.8) is 0 Å². The van der Waals surface area contributed by atoms with E-state index in [4.69, 9.17) is 0 Å². The first kappa shape index (κ1) is 17.5. The van der Waals surface area contributed by atoms with Crippen LogP contribution in [0, 0.1) is 0 Å². The minimum absolute atomic E-state index is 0.0165. The lowest BCUT2D eigenvalue weighted by Gasteiger charge is -2.29. The van der Waals surface area contributed by atoms with Crippen molar-refractivity contribution in [1.82, 2.24) is 9.80 Å². The van der Waals surface area contributed by atoms with Gasteiger partial charge in [0.15, 0.2) is 0 Å². The van der Waals surface area contributed by atoms with Gasteiger partial charge in [-0.2, -0.15) is 13.2 Å². The second-order valence-electron chi connectivity index (χ2n) is 6.37. The first-order valence-electron chi connectivity index (χ1n) is 8.29. The van der Waals surface area contributed by atoms with Gasteiger partial charge in [0.05, 0.1) is 0 Å². The van der Waals surface area contributed by atoms with Gasteiger partial charge >= 0.3 is 12.1 Å². The van der Waals surface area contributed by atoms with Crippen molar-refractivity contribution in [3.05, 3.63) is 41.0 Å². The summed E-state index contributed by atoms with van der Waals surface area (Å²) in [5.41, 5.74) is 2.47. The van der Waals surface area contributed by atoms with E-state index in [1.807, 2.05) is 6.07 Å². The van der Waals surface area contributed by atoms with Crippen LogP contribution < -0.4 is 0 Å². The second kappa shape index (κ2) is 6.90. The maximum Gasteiger partial charge on any atom is 0.471 e. The predicted octanol–water partition coefficient (Wildman–Crippen LogP) is 2.77. The number of halogens is 3. The van der Waals surface area contributed by atoms with Crippen LogP contribution in [-0.2, 0) is 22.6 Å². The maximum atomic E-state index is 12.5. The Bertz CT molecular complexity index is 707. The monoisotopic (exact) mass is 352 g/mol. The summed E-state index contributed by atoms with van der Waals surface area (Å²) < 4.78 is 37.6. The standard InChI is InChI=1S/C18H19F3N2O2/c19-18(20,21)17(25)23-10-7-14-11-13(3-5-15(14)12-23)4-6-16(24)22-8-1-2-9-22/h3-6,11H,1-2,7-10,12H2. The molecule has 3 rings (SSSR count). The summed E-state index contributed by atoms with van der Waals surface area (Å²) in [6.45, 7) is 1.59. The summed E-state index contributed by atoms with van der Waals surface area (Å²) in [7, 11) is 0. The van der Waals surface area contributed by atoms with Gasteiger partial charge in [-0.1, -0.05) is 18.2 Å². The lowest BCUT2D eigenvalue weighted by atomic mass is 9.97. The summed E-state index contributed by atoms with van der Waals surface area (Å²) in [6.07, 6.45) is 0.871. The molecule has 0 bridgehead atoms. The molecule has 0 saturated carbocycles. The molecule has 134 valence electrons. The Morgan fingerprint density at radius 3 is 2.40 bits per heavy atom. The first-order chi connectivity index (χ1) is 11.8. The number of rotatable bonds is 2. The van der Waals surface area contributed by atoms with Crippen molar-refractivity contribution in [2.75, 3.05) is 19.6 Å². The molecule has 0 atom stereocenters. The van der Waals surface area contributed by atoms with Gasteiger partial charge in [0.1, 0.15) is 0 Å². The van der Waals surface area contributed by atoms with Gasteiger partial charge in [-0.25, -0.2) is 0 Å². The SMILES string of the molecule is O=C(C=Cc1ccc2c(c1)CCN(C(=O)C(F)(F)F)C2)N1CCCC1. The third kappa shape index (κ3) is 4.03. The molecule has 1 aromatic rings.